The van der Waals surface area contributed by atoms with E-state index in [9.17, 15) is 0 Å². The smallest absolute Gasteiger partial charge is 0.231 e. The molecule has 0 aliphatic heterocycles. The van der Waals surface area contributed by atoms with Crippen molar-refractivity contribution in [2.45, 2.75) is 25.8 Å². The van der Waals surface area contributed by atoms with Gasteiger partial charge in [0, 0.05) is 24.0 Å². The Kier molecular flexibility index (Phi) is 4.60. The van der Waals surface area contributed by atoms with Gasteiger partial charge in [0.2, 0.25) is 11.7 Å². The summed E-state index contributed by atoms with van der Waals surface area (Å²) < 4.78 is 5.17. The molecule has 0 aliphatic rings. The number of halogens is 1. The van der Waals surface area contributed by atoms with E-state index in [2.05, 4.69) is 15.1 Å². The molecule has 2 unspecified atom stereocenters. The Balaban J connectivity index is 0.00000144. The molecule has 0 aliphatic carbocycles. The van der Waals surface area contributed by atoms with E-state index in [-0.39, 0.29) is 24.4 Å². The predicted molar refractivity (Wildman–Crippen MR) is 66.8 cm³/mol. The van der Waals surface area contributed by atoms with Crippen molar-refractivity contribution in [1.29, 1.82) is 0 Å². The molecule has 2 aromatic heterocycles. The number of aromatic nitrogens is 3. The van der Waals surface area contributed by atoms with Gasteiger partial charge in [-0.05, 0) is 19.1 Å². The Morgan fingerprint density at radius 2 is 2.12 bits per heavy atom. The highest BCUT2D eigenvalue weighted by Gasteiger charge is 2.18. The fraction of sp³-hybridized carbons (Fsp3) is 0.364. The zero-order valence-corrected chi connectivity index (χ0v) is 10.5. The second-order valence-electron chi connectivity index (χ2n) is 3.85. The predicted octanol–water partition coefficient (Wildman–Crippen LogP) is 2.00. The van der Waals surface area contributed by atoms with Crippen LogP contribution in [0.25, 0.3) is 11.4 Å². The maximum atomic E-state index is 5.78. The number of rotatable bonds is 3. The normalized spacial score (nSPS) is 13.8. The second kappa shape index (κ2) is 5.75. The fourth-order valence-corrected chi connectivity index (χ4v) is 1.26. The van der Waals surface area contributed by atoms with Crippen LogP contribution in [0, 0.1) is 0 Å². The first-order valence-corrected chi connectivity index (χ1v) is 5.18. The number of nitrogens with zero attached hydrogens (tertiary/aromatic N) is 3. The van der Waals surface area contributed by atoms with Crippen molar-refractivity contribution in [3.63, 3.8) is 0 Å². The van der Waals surface area contributed by atoms with Gasteiger partial charge in [-0.3, -0.25) is 4.98 Å². The quantitative estimate of drug-likeness (QED) is 0.906. The molecule has 92 valence electrons. The average Bonchev–Trinajstić information content (AvgIpc) is 2.78. The monoisotopic (exact) mass is 254 g/mol. The largest absolute Gasteiger partial charge is 0.339 e. The van der Waals surface area contributed by atoms with Gasteiger partial charge < -0.3 is 10.3 Å². The minimum atomic E-state index is -0.0119. The summed E-state index contributed by atoms with van der Waals surface area (Å²) in [6, 6.07) is 3.71. The highest BCUT2D eigenvalue weighted by atomic mass is 35.5. The van der Waals surface area contributed by atoms with E-state index in [1.54, 1.807) is 12.4 Å². The van der Waals surface area contributed by atoms with Crippen LogP contribution in [0.3, 0.4) is 0 Å². The summed E-state index contributed by atoms with van der Waals surface area (Å²) in [7, 11) is 0. The zero-order chi connectivity index (χ0) is 11.5. The van der Waals surface area contributed by atoms with Gasteiger partial charge in [0.1, 0.15) is 0 Å². The molecule has 0 radical (unpaired) electrons. The Bertz CT molecular complexity index is 458. The summed E-state index contributed by atoms with van der Waals surface area (Å²) in [5.41, 5.74) is 6.62. The van der Waals surface area contributed by atoms with Gasteiger partial charge in [0.05, 0.1) is 5.92 Å². The van der Waals surface area contributed by atoms with Crippen molar-refractivity contribution in [3.05, 3.63) is 30.4 Å². The highest BCUT2D eigenvalue weighted by molar-refractivity contribution is 5.85. The molecule has 2 heterocycles. The first kappa shape index (κ1) is 13.6. The lowest BCUT2D eigenvalue weighted by molar-refractivity contribution is 0.346. The fourth-order valence-electron chi connectivity index (χ4n) is 1.26. The van der Waals surface area contributed by atoms with Gasteiger partial charge in [-0.25, -0.2) is 0 Å². The van der Waals surface area contributed by atoms with Crippen molar-refractivity contribution < 1.29 is 4.52 Å². The molecule has 2 N–H and O–H groups in total. The van der Waals surface area contributed by atoms with Crippen molar-refractivity contribution in [2.75, 3.05) is 0 Å². The first-order valence-electron chi connectivity index (χ1n) is 5.18. The third kappa shape index (κ3) is 3.01. The van der Waals surface area contributed by atoms with Crippen LogP contribution in [0.1, 0.15) is 25.7 Å². The van der Waals surface area contributed by atoms with E-state index in [0.717, 1.165) is 5.56 Å². The first-order chi connectivity index (χ1) is 7.68. The summed E-state index contributed by atoms with van der Waals surface area (Å²) in [5.74, 6) is 1.17. The van der Waals surface area contributed by atoms with E-state index in [1.165, 1.54) is 0 Å². The molecular formula is C11H15ClN4O. The van der Waals surface area contributed by atoms with Gasteiger partial charge in [0.25, 0.3) is 0 Å². The molecule has 17 heavy (non-hydrogen) atoms. The number of hydrogen-bond donors (Lipinski definition) is 1. The van der Waals surface area contributed by atoms with E-state index in [4.69, 9.17) is 10.3 Å². The Morgan fingerprint density at radius 3 is 2.71 bits per heavy atom. The molecule has 2 aromatic rings. The highest BCUT2D eigenvalue weighted by Crippen LogP contribution is 2.20. The second-order valence-corrected chi connectivity index (χ2v) is 3.85. The lowest BCUT2D eigenvalue weighted by atomic mass is 10.1. The van der Waals surface area contributed by atoms with Crippen LogP contribution >= 0.6 is 12.4 Å². The third-order valence-electron chi connectivity index (χ3n) is 2.54. The molecule has 6 heteroatoms. The van der Waals surface area contributed by atoms with Crippen LogP contribution in [0.15, 0.2) is 29.0 Å². The van der Waals surface area contributed by atoms with Gasteiger partial charge in [0.15, 0.2) is 0 Å². The van der Waals surface area contributed by atoms with Crippen LogP contribution < -0.4 is 5.73 Å². The molecule has 0 amide bonds. The standard InChI is InChI=1S/C11H14N4O.ClH/c1-7(8(2)12)11-14-10(15-16-11)9-4-3-5-13-6-9;/h3-8H,12H2,1-2H3;1H. The van der Waals surface area contributed by atoms with Crippen molar-refractivity contribution in [3.8, 4) is 11.4 Å². The molecular weight excluding hydrogens is 240 g/mol. The summed E-state index contributed by atoms with van der Waals surface area (Å²) in [5, 5.41) is 3.91. The summed E-state index contributed by atoms with van der Waals surface area (Å²) in [4.78, 5) is 8.31. The van der Waals surface area contributed by atoms with Gasteiger partial charge in [-0.15, -0.1) is 12.4 Å². The maximum Gasteiger partial charge on any atom is 0.231 e. The molecule has 0 aromatic carbocycles. The minimum Gasteiger partial charge on any atom is -0.339 e. The lowest BCUT2D eigenvalue weighted by Gasteiger charge is -2.09. The minimum absolute atomic E-state index is 0. The Labute approximate surface area is 106 Å². The van der Waals surface area contributed by atoms with Crippen molar-refractivity contribution in [2.24, 2.45) is 5.73 Å². The molecule has 0 fully saturated rings. The van der Waals surface area contributed by atoms with E-state index < -0.39 is 0 Å². The van der Waals surface area contributed by atoms with Crippen LogP contribution in [-0.4, -0.2) is 21.2 Å². The molecule has 2 rings (SSSR count). The van der Waals surface area contributed by atoms with Gasteiger partial charge in [-0.1, -0.05) is 12.1 Å². The summed E-state index contributed by atoms with van der Waals surface area (Å²) >= 11 is 0. The molecule has 0 bridgehead atoms. The van der Waals surface area contributed by atoms with E-state index >= 15 is 0 Å². The molecule has 0 saturated heterocycles. The topological polar surface area (TPSA) is 77.8 Å². The van der Waals surface area contributed by atoms with Gasteiger partial charge >= 0.3 is 0 Å². The van der Waals surface area contributed by atoms with Crippen molar-refractivity contribution in [1.82, 2.24) is 15.1 Å². The number of pyridine rings is 1. The summed E-state index contributed by atoms with van der Waals surface area (Å²) in [6.07, 6.45) is 3.40. The maximum absolute atomic E-state index is 5.78. The Morgan fingerprint density at radius 1 is 1.35 bits per heavy atom. The number of hydrogen-bond acceptors (Lipinski definition) is 5. The van der Waals surface area contributed by atoms with Crippen LogP contribution in [0.4, 0.5) is 0 Å². The third-order valence-corrected chi connectivity index (χ3v) is 2.54. The molecule has 5 nitrogen and oxygen atoms in total. The zero-order valence-electron chi connectivity index (χ0n) is 9.70. The summed E-state index contributed by atoms with van der Waals surface area (Å²) in [6.45, 7) is 3.88. The average molecular weight is 255 g/mol. The number of nitrogens with two attached hydrogens (primary N) is 1. The van der Waals surface area contributed by atoms with Gasteiger partial charge in [-0.2, -0.15) is 4.98 Å². The SMILES string of the molecule is CC(N)C(C)c1nc(-c2cccnc2)no1.Cl. The van der Waals surface area contributed by atoms with Crippen LogP contribution in [0.2, 0.25) is 0 Å². The van der Waals surface area contributed by atoms with Crippen LogP contribution in [-0.2, 0) is 0 Å². The molecule has 0 saturated carbocycles. The van der Waals surface area contributed by atoms with E-state index in [0.29, 0.717) is 11.7 Å². The van der Waals surface area contributed by atoms with E-state index in [1.807, 2.05) is 26.0 Å². The Hall–Kier alpha value is -1.46. The molecule has 0 spiro atoms. The van der Waals surface area contributed by atoms with Crippen LogP contribution in [0.5, 0.6) is 0 Å². The molecule has 2 atom stereocenters. The van der Waals surface area contributed by atoms with Crippen molar-refractivity contribution >= 4 is 12.4 Å². The lowest BCUT2D eigenvalue weighted by Crippen LogP contribution is -2.22.